The van der Waals surface area contributed by atoms with E-state index in [2.05, 4.69) is 11.1 Å². The van der Waals surface area contributed by atoms with Gasteiger partial charge in [-0.05, 0) is 53.9 Å². The van der Waals surface area contributed by atoms with Crippen molar-refractivity contribution in [2.75, 3.05) is 52.3 Å². The second kappa shape index (κ2) is 13.1. The molecule has 0 atom stereocenters. The van der Waals surface area contributed by atoms with E-state index in [1.165, 1.54) is 30.2 Å². The van der Waals surface area contributed by atoms with Crippen LogP contribution in [0.5, 0.6) is 0 Å². The molecule has 4 rings (SSSR count). The number of carbonyl (C=O) groups excluding carboxylic acids is 2. The normalized spacial score (nSPS) is 11.0. The lowest BCUT2D eigenvalue weighted by Gasteiger charge is -2.28. The summed E-state index contributed by atoms with van der Waals surface area (Å²) in [7, 11) is 5.50. The van der Waals surface area contributed by atoms with Crippen molar-refractivity contribution in [3.8, 4) is 0 Å². The van der Waals surface area contributed by atoms with Gasteiger partial charge in [-0.15, -0.1) is 0 Å². The molecule has 39 heavy (non-hydrogen) atoms. The van der Waals surface area contributed by atoms with Crippen LogP contribution in [0.4, 0.5) is 10.1 Å². The van der Waals surface area contributed by atoms with E-state index >= 15 is 0 Å². The molecule has 0 saturated carbocycles. The number of methoxy groups -OCH3 is 1. The molecule has 1 N–H and O–H groups in total. The number of nitrogens with one attached hydrogen (secondary N) is 1. The Balaban J connectivity index is 1.55. The van der Waals surface area contributed by atoms with Gasteiger partial charge in [0.2, 0.25) is 5.91 Å². The summed E-state index contributed by atoms with van der Waals surface area (Å²) in [4.78, 5) is 35.5. The third-order valence-corrected chi connectivity index (χ3v) is 6.76. The van der Waals surface area contributed by atoms with Crippen LogP contribution in [-0.4, -0.2) is 74.0 Å². The number of ether oxygens (including phenoxy) is 1. The first-order chi connectivity index (χ1) is 18.9. The third-order valence-electron chi connectivity index (χ3n) is 6.76. The molecule has 0 aliphatic rings. The van der Waals surface area contributed by atoms with E-state index in [4.69, 9.17) is 4.74 Å². The number of anilines is 1. The molecule has 0 fully saturated rings. The fraction of sp³-hybridized carbons (Fsp3) is 0.290. The van der Waals surface area contributed by atoms with Gasteiger partial charge in [-0.25, -0.2) is 4.39 Å². The predicted molar refractivity (Wildman–Crippen MR) is 152 cm³/mol. The molecule has 8 heteroatoms. The Morgan fingerprint density at radius 3 is 2.41 bits per heavy atom. The van der Waals surface area contributed by atoms with Gasteiger partial charge in [0.15, 0.2) is 0 Å². The Morgan fingerprint density at radius 2 is 1.69 bits per heavy atom. The Bertz CT molecular complexity index is 1400. The molecular weight excluding hydrogens is 495 g/mol. The second-order valence-corrected chi connectivity index (χ2v) is 9.72. The van der Waals surface area contributed by atoms with Crippen LogP contribution in [0, 0.1) is 5.82 Å². The largest absolute Gasteiger partial charge is 0.383 e. The van der Waals surface area contributed by atoms with E-state index in [-0.39, 0.29) is 31.2 Å². The molecule has 1 aromatic heterocycles. The number of benzene rings is 3. The average molecular weight is 531 g/mol. The molecule has 7 nitrogen and oxygen atoms in total. The molecule has 0 radical (unpaired) electrons. The van der Waals surface area contributed by atoms with Gasteiger partial charge in [-0.1, -0.05) is 36.4 Å². The summed E-state index contributed by atoms with van der Waals surface area (Å²) in [5, 5.41) is 1.13. The first-order valence-electron chi connectivity index (χ1n) is 13.0. The Hall–Kier alpha value is -4.17. The highest BCUT2D eigenvalue weighted by Gasteiger charge is 2.23. The van der Waals surface area contributed by atoms with Crippen LogP contribution < -0.4 is 4.90 Å². The molecular formula is C31H35FN4O3. The molecule has 0 saturated heterocycles. The first kappa shape index (κ1) is 27.9. The van der Waals surface area contributed by atoms with Crippen LogP contribution >= 0.6 is 0 Å². The number of para-hydroxylation sites is 1. The SMILES string of the molecule is COCCN(CC(=O)N(CCc1c[nH]c2ccccc12)Cc1ccc(N(C)C)cc1)C(=O)c1cccc(F)c1. The number of aromatic nitrogens is 1. The van der Waals surface area contributed by atoms with Crippen LogP contribution in [-0.2, 0) is 22.5 Å². The number of nitrogens with zero attached hydrogens (tertiary/aromatic N) is 3. The number of halogens is 1. The predicted octanol–water partition coefficient (Wildman–Crippen LogP) is 4.73. The summed E-state index contributed by atoms with van der Waals surface area (Å²) in [5.74, 6) is -1.10. The third kappa shape index (κ3) is 7.23. The summed E-state index contributed by atoms with van der Waals surface area (Å²) in [6, 6.07) is 21.7. The van der Waals surface area contributed by atoms with E-state index < -0.39 is 11.7 Å². The summed E-state index contributed by atoms with van der Waals surface area (Å²) in [6.45, 7) is 1.22. The zero-order valence-electron chi connectivity index (χ0n) is 22.7. The number of H-pyrrole nitrogens is 1. The minimum atomic E-state index is -0.500. The van der Waals surface area contributed by atoms with Gasteiger partial charge < -0.3 is 24.4 Å². The maximum Gasteiger partial charge on any atom is 0.254 e. The Labute approximate surface area is 228 Å². The number of rotatable bonds is 12. The molecule has 0 spiro atoms. The first-order valence-corrected chi connectivity index (χ1v) is 13.0. The summed E-state index contributed by atoms with van der Waals surface area (Å²) in [5.41, 5.74) is 4.44. The molecule has 2 amide bonds. The van der Waals surface area contributed by atoms with Crippen LogP contribution in [0.3, 0.4) is 0 Å². The lowest BCUT2D eigenvalue weighted by atomic mass is 10.1. The fourth-order valence-electron chi connectivity index (χ4n) is 4.53. The highest BCUT2D eigenvalue weighted by molar-refractivity contribution is 5.96. The van der Waals surface area contributed by atoms with E-state index in [0.29, 0.717) is 19.5 Å². The molecule has 0 aliphatic carbocycles. The highest BCUT2D eigenvalue weighted by Crippen LogP contribution is 2.20. The van der Waals surface area contributed by atoms with Crippen molar-refractivity contribution in [1.29, 1.82) is 0 Å². The number of amides is 2. The smallest absolute Gasteiger partial charge is 0.254 e. The molecule has 3 aromatic carbocycles. The van der Waals surface area contributed by atoms with Crippen LogP contribution in [0.2, 0.25) is 0 Å². The van der Waals surface area contributed by atoms with Crippen molar-refractivity contribution in [2.45, 2.75) is 13.0 Å². The molecule has 4 aromatic rings. The lowest BCUT2D eigenvalue weighted by Crippen LogP contribution is -2.44. The van der Waals surface area contributed by atoms with Gasteiger partial charge in [-0.3, -0.25) is 9.59 Å². The quantitative estimate of drug-likeness (QED) is 0.288. The van der Waals surface area contributed by atoms with Gasteiger partial charge in [-0.2, -0.15) is 0 Å². The minimum Gasteiger partial charge on any atom is -0.383 e. The van der Waals surface area contributed by atoms with Gasteiger partial charge in [0.1, 0.15) is 12.4 Å². The van der Waals surface area contributed by atoms with Crippen molar-refractivity contribution in [2.24, 2.45) is 0 Å². The van der Waals surface area contributed by atoms with Crippen molar-refractivity contribution in [1.82, 2.24) is 14.8 Å². The fourth-order valence-corrected chi connectivity index (χ4v) is 4.53. The topological polar surface area (TPSA) is 68.9 Å². The Kier molecular flexibility index (Phi) is 9.33. The number of fused-ring (bicyclic) bond motifs is 1. The molecule has 0 aliphatic heterocycles. The molecule has 0 unspecified atom stereocenters. The zero-order chi connectivity index (χ0) is 27.8. The molecule has 204 valence electrons. The minimum absolute atomic E-state index is 0.137. The maximum absolute atomic E-state index is 13.8. The van der Waals surface area contributed by atoms with Gasteiger partial charge in [0.25, 0.3) is 5.91 Å². The lowest BCUT2D eigenvalue weighted by molar-refractivity contribution is -0.132. The van der Waals surface area contributed by atoms with Gasteiger partial charge >= 0.3 is 0 Å². The van der Waals surface area contributed by atoms with Crippen molar-refractivity contribution < 1.29 is 18.7 Å². The van der Waals surface area contributed by atoms with E-state index in [9.17, 15) is 14.0 Å². The standard InChI is InChI=1S/C31H35FN4O3/c1-34(2)27-13-11-23(12-14-27)21-35(16-15-25-20-33-29-10-5-4-9-28(25)29)30(37)22-36(17-18-39-3)31(38)24-7-6-8-26(32)19-24/h4-14,19-20,33H,15-18,21-22H2,1-3H3. The number of aromatic amines is 1. The molecule has 0 bridgehead atoms. The van der Waals surface area contributed by atoms with Crippen LogP contribution in [0.15, 0.2) is 79.0 Å². The summed E-state index contributed by atoms with van der Waals surface area (Å²) >= 11 is 0. The summed E-state index contributed by atoms with van der Waals surface area (Å²) < 4.78 is 19.0. The average Bonchev–Trinajstić information content (AvgIpc) is 3.36. The zero-order valence-corrected chi connectivity index (χ0v) is 22.7. The van der Waals surface area contributed by atoms with Gasteiger partial charge in [0.05, 0.1) is 6.61 Å². The second-order valence-electron chi connectivity index (χ2n) is 9.72. The summed E-state index contributed by atoms with van der Waals surface area (Å²) in [6.07, 6.45) is 2.64. The van der Waals surface area contributed by atoms with Crippen LogP contribution in [0.1, 0.15) is 21.5 Å². The number of hydrogen-bond donors (Lipinski definition) is 1. The van der Waals surface area contributed by atoms with Crippen LogP contribution in [0.25, 0.3) is 10.9 Å². The van der Waals surface area contributed by atoms with E-state index in [1.54, 1.807) is 11.0 Å². The maximum atomic E-state index is 13.8. The number of hydrogen-bond acceptors (Lipinski definition) is 4. The highest BCUT2D eigenvalue weighted by atomic mass is 19.1. The van der Waals surface area contributed by atoms with Crippen molar-refractivity contribution in [3.05, 3.63) is 102 Å². The monoisotopic (exact) mass is 530 g/mol. The Morgan fingerprint density at radius 1 is 0.923 bits per heavy atom. The van der Waals surface area contributed by atoms with Crippen molar-refractivity contribution in [3.63, 3.8) is 0 Å². The number of carbonyl (C=O) groups is 2. The van der Waals surface area contributed by atoms with Gasteiger partial charge in [0, 0.05) is 69.2 Å². The van der Waals surface area contributed by atoms with E-state index in [1.807, 2.05) is 67.7 Å². The molecule has 1 heterocycles. The van der Waals surface area contributed by atoms with Crippen molar-refractivity contribution >= 4 is 28.4 Å². The van der Waals surface area contributed by atoms with E-state index in [0.717, 1.165) is 27.7 Å².